The number of amides is 4. The van der Waals surface area contributed by atoms with Gasteiger partial charge in [0.15, 0.2) is 0 Å². The molecule has 2 N–H and O–H groups in total. The number of hydrogen-bond donors (Lipinski definition) is 2. The van der Waals surface area contributed by atoms with E-state index in [1.807, 2.05) is 60.7 Å². The Hall–Kier alpha value is -3.97. The van der Waals surface area contributed by atoms with Crippen LogP contribution < -0.4 is 5.32 Å². The summed E-state index contributed by atoms with van der Waals surface area (Å²) in [6.07, 6.45) is 0.578. The fourth-order valence-corrected chi connectivity index (χ4v) is 4.83. The monoisotopic (exact) mass is 503 g/mol. The van der Waals surface area contributed by atoms with Crippen LogP contribution in [-0.2, 0) is 4.79 Å². The molecule has 1 heterocycles. The molecule has 7 nitrogen and oxygen atoms in total. The van der Waals surface area contributed by atoms with Crippen LogP contribution in [0.15, 0.2) is 89.9 Å². The zero-order chi connectivity index (χ0) is 25.7. The zero-order valence-electron chi connectivity index (χ0n) is 19.7. The Labute approximate surface area is 214 Å². The number of rotatable bonds is 7. The van der Waals surface area contributed by atoms with Gasteiger partial charge >= 0.3 is 18.0 Å². The van der Waals surface area contributed by atoms with Crippen molar-refractivity contribution in [3.8, 4) is 0 Å². The standard InChI is InChI=1S/C28H26ClN3O4/c1-18-24(26(33)34)25(21-13-8-14-22(29)17-21)32(28(36)31-18)27(35)30-16-15-23(19-9-4-2-5-10-19)20-11-6-3-7-12-20/h2-14,17,23-25H,15-16H2,1H3,(H,30,35)(H,33,34). The van der Waals surface area contributed by atoms with Gasteiger partial charge in [-0.25, -0.2) is 19.5 Å². The van der Waals surface area contributed by atoms with E-state index in [9.17, 15) is 19.5 Å². The second-order valence-electron chi connectivity index (χ2n) is 8.62. The molecule has 3 aromatic rings. The number of halogens is 1. The van der Waals surface area contributed by atoms with Crippen LogP contribution in [-0.4, -0.2) is 40.3 Å². The summed E-state index contributed by atoms with van der Waals surface area (Å²) in [5, 5.41) is 13.1. The van der Waals surface area contributed by atoms with Gasteiger partial charge in [-0.05, 0) is 42.2 Å². The molecule has 0 bridgehead atoms. The van der Waals surface area contributed by atoms with Crippen molar-refractivity contribution in [3.05, 3.63) is 107 Å². The molecule has 4 rings (SSSR count). The van der Waals surface area contributed by atoms with Gasteiger partial charge in [0.1, 0.15) is 5.92 Å². The molecule has 0 saturated heterocycles. The Morgan fingerprint density at radius 2 is 1.61 bits per heavy atom. The van der Waals surface area contributed by atoms with Crippen molar-refractivity contribution in [2.75, 3.05) is 6.54 Å². The van der Waals surface area contributed by atoms with E-state index in [-0.39, 0.29) is 18.2 Å². The molecule has 0 fully saturated rings. The Balaban J connectivity index is 1.57. The lowest BCUT2D eigenvalue weighted by molar-refractivity contribution is -0.140. The normalized spacial score (nSPS) is 17.6. The summed E-state index contributed by atoms with van der Waals surface area (Å²) in [6, 6.07) is 23.9. The van der Waals surface area contributed by atoms with E-state index in [4.69, 9.17) is 11.6 Å². The Morgan fingerprint density at radius 1 is 1.00 bits per heavy atom. The maximum Gasteiger partial charge on any atom is 0.352 e. The van der Waals surface area contributed by atoms with Crippen molar-refractivity contribution in [2.24, 2.45) is 10.9 Å². The number of nitrogens with zero attached hydrogens (tertiary/aromatic N) is 2. The summed E-state index contributed by atoms with van der Waals surface area (Å²) in [5.74, 6) is -2.34. The molecule has 2 unspecified atom stereocenters. The van der Waals surface area contributed by atoms with Crippen molar-refractivity contribution < 1.29 is 19.5 Å². The predicted molar refractivity (Wildman–Crippen MR) is 138 cm³/mol. The number of nitrogens with one attached hydrogen (secondary N) is 1. The van der Waals surface area contributed by atoms with Crippen LogP contribution >= 0.6 is 11.6 Å². The maximum atomic E-state index is 13.3. The first-order valence-corrected chi connectivity index (χ1v) is 12.0. The molecule has 0 spiro atoms. The van der Waals surface area contributed by atoms with Gasteiger partial charge in [-0.1, -0.05) is 84.4 Å². The molecule has 0 saturated carbocycles. The second kappa shape index (κ2) is 11.2. The van der Waals surface area contributed by atoms with E-state index in [2.05, 4.69) is 10.3 Å². The number of urea groups is 2. The fraction of sp³-hybridized carbons (Fsp3) is 0.214. The van der Waals surface area contributed by atoms with Gasteiger partial charge in [-0.3, -0.25) is 4.79 Å². The van der Waals surface area contributed by atoms with Gasteiger partial charge in [0.2, 0.25) is 0 Å². The van der Waals surface area contributed by atoms with E-state index in [1.165, 1.54) is 6.92 Å². The van der Waals surface area contributed by atoms with Crippen LogP contribution in [0.5, 0.6) is 0 Å². The second-order valence-corrected chi connectivity index (χ2v) is 9.05. The smallest absolute Gasteiger partial charge is 0.352 e. The van der Waals surface area contributed by atoms with E-state index >= 15 is 0 Å². The lowest BCUT2D eigenvalue weighted by Gasteiger charge is -2.36. The summed E-state index contributed by atoms with van der Waals surface area (Å²) in [4.78, 5) is 43.1. The number of carboxylic acid groups (broad SMARTS) is 1. The largest absolute Gasteiger partial charge is 0.481 e. The van der Waals surface area contributed by atoms with E-state index in [0.717, 1.165) is 16.0 Å². The highest BCUT2D eigenvalue weighted by Crippen LogP contribution is 2.35. The first kappa shape index (κ1) is 25.1. The van der Waals surface area contributed by atoms with Gasteiger partial charge in [-0.15, -0.1) is 0 Å². The average Bonchev–Trinajstić information content (AvgIpc) is 2.87. The summed E-state index contributed by atoms with van der Waals surface area (Å²) in [7, 11) is 0. The highest BCUT2D eigenvalue weighted by Gasteiger charge is 2.45. The van der Waals surface area contributed by atoms with E-state index in [1.54, 1.807) is 24.3 Å². The van der Waals surface area contributed by atoms with E-state index < -0.39 is 30.0 Å². The number of aliphatic imine (C=N–C) groups is 1. The molecule has 0 aromatic heterocycles. The predicted octanol–water partition coefficient (Wildman–Crippen LogP) is 5.91. The Morgan fingerprint density at radius 3 is 2.17 bits per heavy atom. The Bertz CT molecular complexity index is 1240. The fourth-order valence-electron chi connectivity index (χ4n) is 4.63. The zero-order valence-corrected chi connectivity index (χ0v) is 20.4. The minimum atomic E-state index is -1.19. The molecule has 1 aliphatic rings. The molecule has 0 radical (unpaired) electrons. The summed E-state index contributed by atoms with van der Waals surface area (Å²) in [5.41, 5.74) is 2.79. The SMILES string of the molecule is CC1=NC(=O)N(C(=O)NCCC(c2ccccc2)c2ccccc2)C(c2cccc(Cl)c2)C1C(=O)O. The molecule has 36 heavy (non-hydrogen) atoms. The maximum absolute atomic E-state index is 13.3. The van der Waals surface area contributed by atoms with Crippen molar-refractivity contribution in [1.29, 1.82) is 0 Å². The molecular formula is C28H26ClN3O4. The van der Waals surface area contributed by atoms with Crippen LogP contribution in [0.2, 0.25) is 5.02 Å². The summed E-state index contributed by atoms with van der Waals surface area (Å²) < 4.78 is 0. The molecule has 3 aromatic carbocycles. The molecule has 2 atom stereocenters. The van der Waals surface area contributed by atoms with Gasteiger partial charge in [0.25, 0.3) is 0 Å². The minimum absolute atomic E-state index is 0.0283. The molecule has 8 heteroatoms. The third kappa shape index (κ3) is 5.47. The van der Waals surface area contributed by atoms with Crippen molar-refractivity contribution in [2.45, 2.75) is 25.3 Å². The molecule has 0 aliphatic carbocycles. The number of aliphatic carboxylic acids is 1. The summed E-state index contributed by atoms with van der Waals surface area (Å²) >= 11 is 6.14. The van der Waals surface area contributed by atoms with Gasteiger partial charge in [-0.2, -0.15) is 0 Å². The number of benzene rings is 3. The number of carbonyl (C=O) groups excluding carboxylic acids is 2. The minimum Gasteiger partial charge on any atom is -0.481 e. The van der Waals surface area contributed by atoms with Crippen LogP contribution in [0.1, 0.15) is 42.0 Å². The van der Waals surface area contributed by atoms with Gasteiger partial charge in [0.05, 0.1) is 6.04 Å². The number of carbonyl (C=O) groups is 3. The molecule has 184 valence electrons. The lowest BCUT2D eigenvalue weighted by atomic mass is 9.87. The van der Waals surface area contributed by atoms with Crippen LogP contribution in [0.4, 0.5) is 9.59 Å². The van der Waals surface area contributed by atoms with Crippen LogP contribution in [0.25, 0.3) is 0 Å². The van der Waals surface area contributed by atoms with Crippen molar-refractivity contribution in [1.82, 2.24) is 10.2 Å². The highest BCUT2D eigenvalue weighted by molar-refractivity contribution is 6.30. The van der Waals surface area contributed by atoms with Crippen molar-refractivity contribution >= 4 is 35.3 Å². The van der Waals surface area contributed by atoms with Gasteiger partial charge in [0, 0.05) is 23.2 Å². The number of hydrogen-bond acceptors (Lipinski definition) is 3. The average molecular weight is 504 g/mol. The van der Waals surface area contributed by atoms with E-state index in [0.29, 0.717) is 17.0 Å². The quantitative estimate of drug-likeness (QED) is 0.418. The first-order chi connectivity index (χ1) is 17.4. The topological polar surface area (TPSA) is 99.1 Å². The van der Waals surface area contributed by atoms with Crippen LogP contribution in [0, 0.1) is 5.92 Å². The highest BCUT2D eigenvalue weighted by atomic mass is 35.5. The lowest BCUT2D eigenvalue weighted by Crippen LogP contribution is -2.52. The molecular weight excluding hydrogens is 478 g/mol. The van der Waals surface area contributed by atoms with Crippen molar-refractivity contribution in [3.63, 3.8) is 0 Å². The molecule has 4 amide bonds. The summed E-state index contributed by atoms with van der Waals surface area (Å²) in [6.45, 7) is 1.74. The Kier molecular flexibility index (Phi) is 7.80. The molecule has 1 aliphatic heterocycles. The van der Waals surface area contributed by atoms with Crippen LogP contribution in [0.3, 0.4) is 0 Å². The first-order valence-electron chi connectivity index (χ1n) is 11.6. The third-order valence-corrected chi connectivity index (χ3v) is 6.55. The number of imide groups is 1. The van der Waals surface area contributed by atoms with Gasteiger partial charge < -0.3 is 10.4 Å². The number of carboxylic acids is 1. The third-order valence-electron chi connectivity index (χ3n) is 6.31.